The van der Waals surface area contributed by atoms with E-state index in [1.54, 1.807) is 7.05 Å². The molecule has 2 aromatic heterocycles. The lowest BCUT2D eigenvalue weighted by Crippen LogP contribution is -2.43. The molecule has 2 amide bonds. The van der Waals surface area contributed by atoms with Crippen molar-refractivity contribution in [2.75, 3.05) is 20.1 Å². The summed E-state index contributed by atoms with van der Waals surface area (Å²) in [6, 6.07) is 5.73. The molecule has 2 N–H and O–H groups in total. The average molecular weight is 393 g/mol. The second-order valence-electron chi connectivity index (χ2n) is 7.73. The molecule has 3 heterocycles. The molecule has 0 spiro atoms. The molecule has 0 radical (unpaired) electrons. The number of nitrogens with one attached hydrogen (secondary N) is 2. The van der Waals surface area contributed by atoms with Crippen molar-refractivity contribution >= 4 is 23.4 Å². The lowest BCUT2D eigenvalue weighted by atomic mass is 9.85. The van der Waals surface area contributed by atoms with Gasteiger partial charge >= 0.3 is 0 Å². The van der Waals surface area contributed by atoms with Crippen molar-refractivity contribution in [3.8, 4) is 0 Å². The van der Waals surface area contributed by atoms with Crippen LogP contribution < -0.4 is 10.6 Å². The van der Waals surface area contributed by atoms with Crippen LogP contribution in [0.15, 0.2) is 41.5 Å². The molecule has 4 unspecified atom stereocenters. The van der Waals surface area contributed by atoms with Crippen LogP contribution in [0.5, 0.6) is 0 Å². The van der Waals surface area contributed by atoms with Gasteiger partial charge in [0, 0.05) is 26.3 Å². The van der Waals surface area contributed by atoms with Gasteiger partial charge < -0.3 is 10.6 Å². The number of amides is 2. The van der Waals surface area contributed by atoms with Crippen molar-refractivity contribution in [1.82, 2.24) is 30.1 Å². The number of aliphatic imine (C=N–C) groups is 1. The molecule has 9 nitrogen and oxygen atoms in total. The van der Waals surface area contributed by atoms with E-state index in [0.29, 0.717) is 25.6 Å². The third kappa shape index (κ3) is 2.88. The van der Waals surface area contributed by atoms with Gasteiger partial charge in [-0.2, -0.15) is 0 Å². The molecule has 150 valence electrons. The van der Waals surface area contributed by atoms with Gasteiger partial charge in [-0.25, -0.2) is 0 Å². The van der Waals surface area contributed by atoms with Gasteiger partial charge in [0.15, 0.2) is 17.4 Å². The van der Waals surface area contributed by atoms with E-state index in [4.69, 9.17) is 0 Å². The Kier molecular flexibility index (Phi) is 4.30. The monoisotopic (exact) mass is 393 g/mol. The summed E-state index contributed by atoms with van der Waals surface area (Å²) in [4.78, 5) is 31.1. The number of nitrogens with zero attached hydrogens (tertiary/aromatic N) is 5. The number of hydrogen-bond acceptors (Lipinski definition) is 5. The van der Waals surface area contributed by atoms with Gasteiger partial charge in [-0.15, -0.1) is 10.2 Å². The van der Waals surface area contributed by atoms with E-state index in [9.17, 15) is 9.59 Å². The summed E-state index contributed by atoms with van der Waals surface area (Å²) >= 11 is 0. The Labute approximate surface area is 167 Å². The molecule has 2 aliphatic carbocycles. The maximum atomic E-state index is 12.7. The SMILES string of the molecule is CN=C(NCCN1C(=O)C2C3C=CC(C3)C2C1=O)NCc1nnc2ccccn12. The lowest BCUT2D eigenvalue weighted by molar-refractivity contribution is -0.140. The first-order valence-corrected chi connectivity index (χ1v) is 9.94. The van der Waals surface area contributed by atoms with E-state index in [2.05, 4.69) is 38.0 Å². The third-order valence-corrected chi connectivity index (χ3v) is 6.21. The Bertz CT molecular complexity index is 997. The molecule has 2 fully saturated rings. The first kappa shape index (κ1) is 17.8. The fourth-order valence-corrected chi connectivity index (χ4v) is 4.87. The van der Waals surface area contributed by atoms with Crippen molar-refractivity contribution < 1.29 is 9.59 Å². The molecule has 1 aliphatic heterocycles. The fourth-order valence-electron chi connectivity index (χ4n) is 4.87. The molecule has 29 heavy (non-hydrogen) atoms. The molecule has 1 saturated carbocycles. The number of carbonyl (C=O) groups is 2. The number of likely N-dealkylation sites (tertiary alicyclic amines) is 1. The van der Waals surface area contributed by atoms with Crippen LogP contribution in [0.2, 0.25) is 0 Å². The zero-order chi connectivity index (χ0) is 20.0. The van der Waals surface area contributed by atoms with Crippen LogP contribution in [-0.2, 0) is 16.1 Å². The van der Waals surface area contributed by atoms with Crippen LogP contribution in [0, 0.1) is 23.7 Å². The normalized spacial score (nSPS) is 27.9. The number of guanidine groups is 1. The number of aromatic nitrogens is 3. The molecule has 1 saturated heterocycles. The van der Waals surface area contributed by atoms with E-state index in [1.165, 1.54) is 4.90 Å². The quantitative estimate of drug-likeness (QED) is 0.326. The Morgan fingerprint density at radius 2 is 1.90 bits per heavy atom. The molecule has 3 aliphatic rings. The summed E-state index contributed by atoms with van der Waals surface area (Å²) in [7, 11) is 1.68. The minimum atomic E-state index is -0.142. The molecule has 2 aromatic rings. The second kappa shape index (κ2) is 6.98. The number of hydrogen-bond donors (Lipinski definition) is 2. The maximum Gasteiger partial charge on any atom is 0.233 e. The van der Waals surface area contributed by atoms with E-state index in [-0.39, 0.29) is 35.5 Å². The zero-order valence-electron chi connectivity index (χ0n) is 16.2. The minimum absolute atomic E-state index is 0.0171. The summed E-state index contributed by atoms with van der Waals surface area (Å²) in [6.07, 6.45) is 7.08. The molecule has 5 rings (SSSR count). The van der Waals surface area contributed by atoms with Gasteiger partial charge in [0.25, 0.3) is 0 Å². The molecular weight excluding hydrogens is 370 g/mol. The highest BCUT2D eigenvalue weighted by molar-refractivity contribution is 6.06. The molecule has 9 heteroatoms. The number of carbonyl (C=O) groups excluding carboxylic acids is 2. The predicted octanol–water partition coefficient (Wildman–Crippen LogP) is 0.201. The van der Waals surface area contributed by atoms with Gasteiger partial charge in [-0.1, -0.05) is 18.2 Å². The van der Waals surface area contributed by atoms with Crippen molar-refractivity contribution in [2.45, 2.75) is 13.0 Å². The van der Waals surface area contributed by atoms with Crippen LogP contribution in [0.4, 0.5) is 0 Å². The Balaban J connectivity index is 1.15. The Morgan fingerprint density at radius 1 is 1.14 bits per heavy atom. The summed E-state index contributed by atoms with van der Waals surface area (Å²) in [6.45, 7) is 1.24. The number of rotatable bonds is 5. The van der Waals surface area contributed by atoms with Crippen molar-refractivity contribution in [3.63, 3.8) is 0 Å². The van der Waals surface area contributed by atoms with E-state index < -0.39 is 0 Å². The van der Waals surface area contributed by atoms with Crippen molar-refractivity contribution in [2.24, 2.45) is 28.7 Å². The van der Waals surface area contributed by atoms with E-state index >= 15 is 0 Å². The standard InChI is InChI=1S/C20H23N7O2/c1-21-20(23-11-15-25-24-14-4-2-3-8-26(14)15)22-7-9-27-18(28)16-12-5-6-13(10-12)17(16)19(27)29/h2-6,8,12-13,16-17H,7,9-11H2,1H3,(H2,21,22,23). The van der Waals surface area contributed by atoms with Crippen LogP contribution in [0.1, 0.15) is 12.2 Å². The topological polar surface area (TPSA) is 104 Å². The lowest BCUT2D eigenvalue weighted by Gasteiger charge is -2.18. The highest BCUT2D eigenvalue weighted by Crippen LogP contribution is 2.52. The Hall–Kier alpha value is -3.23. The van der Waals surface area contributed by atoms with E-state index in [0.717, 1.165) is 17.9 Å². The zero-order valence-corrected chi connectivity index (χ0v) is 16.2. The average Bonchev–Trinajstić information content (AvgIpc) is 3.50. The number of fused-ring (bicyclic) bond motifs is 6. The highest BCUT2D eigenvalue weighted by atomic mass is 16.2. The fraction of sp³-hybridized carbons (Fsp3) is 0.450. The number of imide groups is 1. The van der Waals surface area contributed by atoms with Crippen molar-refractivity contribution in [1.29, 1.82) is 0 Å². The first-order valence-electron chi connectivity index (χ1n) is 9.94. The highest BCUT2D eigenvalue weighted by Gasteiger charge is 2.58. The summed E-state index contributed by atoms with van der Waals surface area (Å²) in [5.41, 5.74) is 0.785. The van der Waals surface area contributed by atoms with Gasteiger partial charge in [0.1, 0.15) is 0 Å². The number of allylic oxidation sites excluding steroid dienone is 2. The Morgan fingerprint density at radius 3 is 2.62 bits per heavy atom. The first-order chi connectivity index (χ1) is 14.2. The molecular formula is C20H23N7O2. The van der Waals surface area contributed by atoms with Crippen LogP contribution >= 0.6 is 0 Å². The summed E-state index contributed by atoms with van der Waals surface area (Å²) in [5.74, 6) is 1.52. The van der Waals surface area contributed by atoms with E-state index in [1.807, 2.05) is 28.8 Å². The molecule has 4 atom stereocenters. The van der Waals surface area contributed by atoms with Gasteiger partial charge in [-0.3, -0.25) is 23.9 Å². The van der Waals surface area contributed by atoms with Crippen LogP contribution in [0.25, 0.3) is 5.65 Å². The number of pyridine rings is 1. The molecule has 0 aromatic carbocycles. The van der Waals surface area contributed by atoms with Gasteiger partial charge in [-0.05, 0) is 30.4 Å². The van der Waals surface area contributed by atoms with Gasteiger partial charge in [0.2, 0.25) is 11.8 Å². The molecule has 2 bridgehead atoms. The van der Waals surface area contributed by atoms with Crippen molar-refractivity contribution in [3.05, 3.63) is 42.4 Å². The van der Waals surface area contributed by atoms with Gasteiger partial charge in [0.05, 0.1) is 18.4 Å². The summed E-state index contributed by atoms with van der Waals surface area (Å²) in [5, 5.41) is 14.7. The predicted molar refractivity (Wildman–Crippen MR) is 106 cm³/mol. The van der Waals surface area contributed by atoms with Crippen LogP contribution in [0.3, 0.4) is 0 Å². The smallest absolute Gasteiger partial charge is 0.233 e. The third-order valence-electron chi connectivity index (χ3n) is 6.21. The summed E-state index contributed by atoms with van der Waals surface area (Å²) < 4.78 is 1.91. The largest absolute Gasteiger partial charge is 0.355 e. The minimum Gasteiger partial charge on any atom is -0.355 e. The van der Waals surface area contributed by atoms with Crippen LogP contribution in [-0.4, -0.2) is 57.4 Å². The maximum absolute atomic E-state index is 12.7. The second-order valence-corrected chi connectivity index (χ2v) is 7.73.